The number of benzene rings is 3. The monoisotopic (exact) mass is 377 g/mol. The third-order valence-electron chi connectivity index (χ3n) is 9.06. The molecule has 1 spiro atoms. The van der Waals surface area contributed by atoms with E-state index in [1.807, 2.05) is 0 Å². The molecule has 2 bridgehead atoms. The van der Waals surface area contributed by atoms with E-state index in [1.54, 1.807) is 11.1 Å². The maximum absolute atomic E-state index is 2.53. The first kappa shape index (κ1) is 16.3. The molecule has 3 aromatic carbocycles. The molecule has 29 heavy (non-hydrogen) atoms. The zero-order valence-electron chi connectivity index (χ0n) is 17.0. The highest BCUT2D eigenvalue weighted by molar-refractivity contribution is 5.77. The molecular formula is C28H27N. The normalized spacial score (nSPS) is 32.6. The summed E-state index contributed by atoms with van der Waals surface area (Å²) in [7, 11) is 2.20. The van der Waals surface area contributed by atoms with E-state index in [0.29, 0.717) is 5.41 Å². The van der Waals surface area contributed by atoms with Crippen molar-refractivity contribution >= 4 is 11.4 Å². The van der Waals surface area contributed by atoms with Crippen LogP contribution >= 0.6 is 0 Å². The zero-order chi connectivity index (χ0) is 19.2. The predicted octanol–water partition coefficient (Wildman–Crippen LogP) is 7.12. The Morgan fingerprint density at radius 1 is 0.724 bits per heavy atom. The molecule has 4 aliphatic carbocycles. The van der Waals surface area contributed by atoms with Gasteiger partial charge in [0.2, 0.25) is 0 Å². The molecule has 7 rings (SSSR count). The Kier molecular flexibility index (Phi) is 3.11. The van der Waals surface area contributed by atoms with E-state index in [0.717, 1.165) is 23.7 Å². The van der Waals surface area contributed by atoms with Crippen molar-refractivity contribution in [2.24, 2.45) is 17.3 Å². The van der Waals surface area contributed by atoms with Crippen molar-refractivity contribution in [3.63, 3.8) is 0 Å². The van der Waals surface area contributed by atoms with E-state index in [4.69, 9.17) is 0 Å². The van der Waals surface area contributed by atoms with Gasteiger partial charge >= 0.3 is 0 Å². The molecule has 0 N–H and O–H groups in total. The molecule has 3 aromatic rings. The molecular weight excluding hydrogens is 350 g/mol. The number of hydrogen-bond acceptors (Lipinski definition) is 1. The Hall–Kier alpha value is -2.54. The summed E-state index contributed by atoms with van der Waals surface area (Å²) >= 11 is 0. The summed E-state index contributed by atoms with van der Waals surface area (Å²) in [4.78, 5) is 2.34. The number of fused-ring (bicyclic) bond motifs is 6. The Bertz CT molecular complexity index is 1120. The van der Waals surface area contributed by atoms with Crippen LogP contribution in [0.25, 0.3) is 11.1 Å². The molecule has 5 atom stereocenters. The fraction of sp³-hybridized carbons (Fsp3) is 0.357. The predicted molar refractivity (Wildman–Crippen MR) is 120 cm³/mol. The van der Waals surface area contributed by atoms with E-state index in [1.165, 1.54) is 48.2 Å². The van der Waals surface area contributed by atoms with E-state index in [2.05, 4.69) is 84.7 Å². The van der Waals surface area contributed by atoms with E-state index < -0.39 is 0 Å². The average molecular weight is 378 g/mol. The van der Waals surface area contributed by atoms with E-state index in [-0.39, 0.29) is 0 Å². The van der Waals surface area contributed by atoms with Crippen molar-refractivity contribution in [2.75, 3.05) is 11.9 Å². The lowest BCUT2D eigenvalue weighted by Gasteiger charge is -2.67. The molecule has 0 heterocycles. The van der Waals surface area contributed by atoms with Crippen LogP contribution in [0.2, 0.25) is 0 Å². The summed E-state index contributed by atoms with van der Waals surface area (Å²) in [5.74, 6) is 3.51. The lowest BCUT2D eigenvalue weighted by Crippen LogP contribution is -2.59. The van der Waals surface area contributed by atoms with Crippen LogP contribution in [-0.2, 0) is 0 Å². The van der Waals surface area contributed by atoms with Crippen molar-refractivity contribution in [1.29, 1.82) is 0 Å². The minimum atomic E-state index is 0.622. The van der Waals surface area contributed by atoms with Crippen LogP contribution in [0, 0.1) is 17.3 Å². The lowest BCUT2D eigenvalue weighted by atomic mass is 9.37. The number of hydrogen-bond donors (Lipinski definition) is 0. The molecule has 5 unspecified atom stereocenters. The van der Waals surface area contributed by atoms with Gasteiger partial charge in [0.25, 0.3) is 0 Å². The maximum Gasteiger partial charge on any atom is 0.0411 e. The Labute approximate surface area is 173 Å². The van der Waals surface area contributed by atoms with Gasteiger partial charge in [0, 0.05) is 18.4 Å². The highest BCUT2D eigenvalue weighted by Gasteiger charge is 2.70. The summed E-state index contributed by atoms with van der Waals surface area (Å²) in [6.07, 6.45) is 5.77. The SMILES string of the molecule is CN(c1ccccc1)c1ccc2c(c1)C1CC3CC4CC(CC431)c1ccccc1-2. The molecule has 0 saturated heterocycles. The van der Waals surface area contributed by atoms with Crippen LogP contribution in [0.15, 0.2) is 72.8 Å². The van der Waals surface area contributed by atoms with Gasteiger partial charge in [-0.1, -0.05) is 48.5 Å². The largest absolute Gasteiger partial charge is 0.345 e. The van der Waals surface area contributed by atoms with Crippen LogP contribution in [0.1, 0.15) is 48.6 Å². The first-order valence-electron chi connectivity index (χ1n) is 11.3. The Balaban J connectivity index is 1.42. The van der Waals surface area contributed by atoms with E-state index in [9.17, 15) is 0 Å². The van der Waals surface area contributed by atoms with E-state index >= 15 is 0 Å². The summed E-state index contributed by atoms with van der Waals surface area (Å²) in [5.41, 5.74) is 9.44. The summed E-state index contributed by atoms with van der Waals surface area (Å²) < 4.78 is 0. The van der Waals surface area contributed by atoms with Crippen LogP contribution in [0.4, 0.5) is 11.4 Å². The maximum atomic E-state index is 2.53. The first-order chi connectivity index (χ1) is 14.3. The number of rotatable bonds is 2. The molecule has 1 nitrogen and oxygen atoms in total. The number of anilines is 2. The van der Waals surface area contributed by atoms with Gasteiger partial charge in [-0.2, -0.15) is 0 Å². The van der Waals surface area contributed by atoms with Gasteiger partial charge in [0.15, 0.2) is 0 Å². The van der Waals surface area contributed by atoms with Crippen molar-refractivity contribution < 1.29 is 0 Å². The van der Waals surface area contributed by atoms with Crippen LogP contribution in [-0.4, -0.2) is 7.05 Å². The van der Waals surface area contributed by atoms with Crippen LogP contribution in [0.5, 0.6) is 0 Å². The highest BCUT2D eigenvalue weighted by Crippen LogP contribution is 2.80. The summed E-state index contributed by atoms with van der Waals surface area (Å²) in [6, 6.07) is 27.3. The zero-order valence-corrected chi connectivity index (χ0v) is 17.0. The standard InChI is InChI=1S/C28H27N/c1-29(21-7-3-2-4-8-21)22-11-12-25-24-10-6-5-9-23(24)18-13-19-14-20-15-27(26(25)16-22)28(19,20)17-18/h2-12,16,18-20,27H,13-15,17H2,1H3. The Morgan fingerprint density at radius 3 is 2.34 bits per heavy atom. The molecule has 1 heteroatoms. The average Bonchev–Trinajstić information content (AvgIpc) is 3.13. The highest BCUT2D eigenvalue weighted by atomic mass is 15.1. The molecule has 0 aliphatic heterocycles. The van der Waals surface area contributed by atoms with Gasteiger partial charge in [0.05, 0.1) is 0 Å². The molecule has 0 aromatic heterocycles. The molecule has 0 radical (unpaired) electrons. The molecule has 144 valence electrons. The van der Waals surface area contributed by atoms with Crippen molar-refractivity contribution in [1.82, 2.24) is 0 Å². The van der Waals surface area contributed by atoms with Crippen molar-refractivity contribution in [2.45, 2.75) is 37.5 Å². The summed E-state index contributed by atoms with van der Waals surface area (Å²) in [5, 5.41) is 0. The van der Waals surface area contributed by atoms with Gasteiger partial charge < -0.3 is 4.90 Å². The first-order valence-corrected chi connectivity index (χ1v) is 11.3. The fourth-order valence-electron chi connectivity index (χ4n) is 7.67. The summed E-state index contributed by atoms with van der Waals surface area (Å²) in [6.45, 7) is 0. The van der Waals surface area contributed by atoms with Crippen LogP contribution in [0.3, 0.4) is 0 Å². The topological polar surface area (TPSA) is 3.24 Å². The second-order valence-corrected chi connectivity index (χ2v) is 9.92. The molecule has 3 fully saturated rings. The van der Waals surface area contributed by atoms with Crippen LogP contribution < -0.4 is 4.90 Å². The molecule has 0 amide bonds. The van der Waals surface area contributed by atoms with Gasteiger partial charge in [0.1, 0.15) is 0 Å². The molecule has 4 aliphatic rings. The number of para-hydroxylation sites is 1. The minimum Gasteiger partial charge on any atom is -0.345 e. The van der Waals surface area contributed by atoms with Gasteiger partial charge in [-0.15, -0.1) is 0 Å². The van der Waals surface area contributed by atoms with Crippen molar-refractivity contribution in [3.8, 4) is 11.1 Å². The quantitative estimate of drug-likeness (QED) is 0.459. The smallest absolute Gasteiger partial charge is 0.0411 e. The number of nitrogens with zero attached hydrogens (tertiary/aromatic N) is 1. The third kappa shape index (κ3) is 1.96. The van der Waals surface area contributed by atoms with Gasteiger partial charge in [-0.05, 0) is 101 Å². The van der Waals surface area contributed by atoms with Gasteiger partial charge in [-0.3, -0.25) is 0 Å². The van der Waals surface area contributed by atoms with Crippen molar-refractivity contribution in [3.05, 3.63) is 83.9 Å². The minimum absolute atomic E-state index is 0.622. The lowest BCUT2D eigenvalue weighted by molar-refractivity contribution is -0.144. The second-order valence-electron chi connectivity index (χ2n) is 9.92. The third-order valence-corrected chi connectivity index (χ3v) is 9.06. The Morgan fingerprint density at radius 2 is 1.48 bits per heavy atom. The fourth-order valence-corrected chi connectivity index (χ4v) is 7.67. The second kappa shape index (κ2) is 5.53. The van der Waals surface area contributed by atoms with Gasteiger partial charge in [-0.25, -0.2) is 0 Å². The molecule has 3 saturated carbocycles.